The number of halogens is 2. The lowest BCUT2D eigenvalue weighted by atomic mass is 9.88. The number of rotatable bonds is 8. The molecule has 4 aromatic rings. The van der Waals surface area contributed by atoms with Crippen LogP contribution in [-0.4, -0.2) is 67.9 Å². The Balaban J connectivity index is 1.32. The number of likely N-dealkylation sites (tertiary alicyclic amines) is 1. The smallest absolute Gasteiger partial charge is 0.226 e. The van der Waals surface area contributed by atoms with Crippen LogP contribution in [0.4, 0.5) is 14.7 Å². The zero-order valence-electron chi connectivity index (χ0n) is 26.3. The molecule has 10 nitrogen and oxygen atoms in total. The first-order valence-electron chi connectivity index (χ1n) is 15.5. The number of amides is 1. The number of benzene rings is 2. The van der Waals surface area contributed by atoms with Gasteiger partial charge in [-0.2, -0.15) is 4.52 Å². The first-order valence-corrected chi connectivity index (χ1v) is 15.5. The Hall–Kier alpha value is -4.06. The number of anilines is 1. The summed E-state index contributed by atoms with van der Waals surface area (Å²) in [5, 5.41) is 18.8. The van der Waals surface area contributed by atoms with Gasteiger partial charge in [-0.15, -0.1) is 5.10 Å². The Morgan fingerprint density at radius 2 is 1.89 bits per heavy atom. The minimum absolute atomic E-state index is 0.0243. The Morgan fingerprint density at radius 3 is 2.60 bits per heavy atom. The number of nitrogens with zero attached hydrogens (tertiary/aromatic N) is 5. The van der Waals surface area contributed by atoms with Crippen molar-refractivity contribution in [2.45, 2.75) is 77.0 Å². The van der Waals surface area contributed by atoms with Gasteiger partial charge in [0.05, 0.1) is 25.2 Å². The van der Waals surface area contributed by atoms with Gasteiger partial charge in [-0.3, -0.25) is 4.79 Å². The molecule has 2 aromatic heterocycles. The Kier molecular flexibility index (Phi) is 8.28. The minimum atomic E-state index is -0.814. The van der Waals surface area contributed by atoms with Crippen LogP contribution in [0.2, 0.25) is 0 Å². The second-order valence-electron chi connectivity index (χ2n) is 12.9. The fourth-order valence-electron chi connectivity index (χ4n) is 6.82. The molecule has 2 aliphatic rings. The second kappa shape index (κ2) is 12.0. The van der Waals surface area contributed by atoms with E-state index in [1.807, 2.05) is 30.9 Å². The average Bonchev–Trinajstić information content (AvgIpc) is 3.69. The summed E-state index contributed by atoms with van der Waals surface area (Å²) in [7, 11) is 3.14. The third-order valence-electron chi connectivity index (χ3n) is 9.55. The molecular formula is C33H40F2N6O4. The summed E-state index contributed by atoms with van der Waals surface area (Å²) in [5.74, 6) is 0.343. The van der Waals surface area contributed by atoms with Crippen molar-refractivity contribution in [2.75, 3.05) is 26.1 Å². The molecule has 2 N–H and O–H groups in total. The van der Waals surface area contributed by atoms with Gasteiger partial charge in [-0.05, 0) is 77.0 Å². The highest BCUT2D eigenvalue weighted by atomic mass is 19.1. The van der Waals surface area contributed by atoms with Crippen LogP contribution in [0, 0.1) is 23.5 Å². The molecular weight excluding hydrogens is 582 g/mol. The number of methoxy groups -OCH3 is 2. The number of carbonyl (C=O) groups excluding carboxylic acids is 1. The van der Waals surface area contributed by atoms with Crippen LogP contribution in [0.5, 0.6) is 11.5 Å². The lowest BCUT2D eigenvalue weighted by Gasteiger charge is -2.38. The van der Waals surface area contributed by atoms with Gasteiger partial charge < -0.3 is 24.8 Å². The lowest BCUT2D eigenvalue weighted by Crippen LogP contribution is -2.47. The summed E-state index contributed by atoms with van der Waals surface area (Å²) in [6, 6.07) is 7.52. The highest BCUT2D eigenvalue weighted by Gasteiger charge is 2.41. The van der Waals surface area contributed by atoms with Crippen LogP contribution in [0.25, 0.3) is 16.6 Å². The van der Waals surface area contributed by atoms with E-state index in [9.17, 15) is 14.3 Å². The molecule has 1 aliphatic heterocycles. The van der Waals surface area contributed by atoms with E-state index in [-0.39, 0.29) is 58.7 Å². The fourth-order valence-corrected chi connectivity index (χ4v) is 6.82. The standard InChI is InChI=1S/C33H40F2N6O4/c1-18-6-7-21(17-40(18)31(42)19-8-10-22(12-19)33(2,3)43)29-38-30-25-13-23(34)14-26(35)28(25)37-32(41(30)39-29)36-16-20-9-11-24(44-4)15-27(20)45-5/h9,11,13-15,18-19,21-22,43H,6-8,10,12,16-17H2,1-5H3,(H,36,37)/t18-,19-,21+,22+/m0/s1. The quantitative estimate of drug-likeness (QED) is 0.266. The summed E-state index contributed by atoms with van der Waals surface area (Å²) in [6.45, 7) is 6.40. The van der Waals surface area contributed by atoms with E-state index >= 15 is 4.39 Å². The van der Waals surface area contributed by atoms with Crippen molar-refractivity contribution in [3.05, 3.63) is 53.4 Å². The normalized spacial score (nSPS) is 22.3. The van der Waals surface area contributed by atoms with Crippen molar-refractivity contribution in [3.8, 4) is 11.5 Å². The first kappa shape index (κ1) is 30.9. The van der Waals surface area contributed by atoms with Crippen molar-refractivity contribution in [3.63, 3.8) is 0 Å². The summed E-state index contributed by atoms with van der Waals surface area (Å²) >= 11 is 0. The van der Waals surface area contributed by atoms with Crippen LogP contribution in [0.3, 0.4) is 0 Å². The number of carbonyl (C=O) groups is 1. The number of piperidine rings is 1. The number of aliphatic hydroxyl groups is 1. The molecule has 4 atom stereocenters. The highest BCUT2D eigenvalue weighted by Crippen LogP contribution is 2.40. The molecule has 6 rings (SSSR count). The molecule has 0 spiro atoms. The van der Waals surface area contributed by atoms with Crippen LogP contribution in [-0.2, 0) is 11.3 Å². The molecule has 1 aliphatic carbocycles. The van der Waals surface area contributed by atoms with E-state index in [0.717, 1.165) is 37.3 Å². The van der Waals surface area contributed by atoms with Crippen LogP contribution >= 0.6 is 0 Å². The monoisotopic (exact) mass is 622 g/mol. The third-order valence-corrected chi connectivity index (χ3v) is 9.55. The molecule has 1 amide bonds. The molecule has 12 heteroatoms. The van der Waals surface area contributed by atoms with Gasteiger partial charge in [-0.25, -0.2) is 18.7 Å². The molecule has 3 heterocycles. The van der Waals surface area contributed by atoms with Gasteiger partial charge in [0.2, 0.25) is 11.9 Å². The van der Waals surface area contributed by atoms with Crippen molar-refractivity contribution < 1.29 is 28.2 Å². The van der Waals surface area contributed by atoms with Gasteiger partial charge >= 0.3 is 0 Å². The maximum atomic E-state index is 15.0. The number of ether oxygens (including phenoxy) is 2. The van der Waals surface area contributed by atoms with E-state index in [1.54, 1.807) is 20.3 Å². The lowest BCUT2D eigenvalue weighted by molar-refractivity contribution is -0.139. The van der Waals surface area contributed by atoms with Gasteiger partial charge in [0.15, 0.2) is 17.3 Å². The van der Waals surface area contributed by atoms with Crippen molar-refractivity contribution >= 4 is 28.4 Å². The van der Waals surface area contributed by atoms with Crippen LogP contribution in [0.1, 0.15) is 70.2 Å². The van der Waals surface area contributed by atoms with Crippen LogP contribution < -0.4 is 14.8 Å². The SMILES string of the molecule is COc1ccc(CNc2nc3c(F)cc(F)cc3c3nc([C@@H]4CC[C@H](C)N(C(=O)[C@H]5CC[C@@H](C(C)(C)O)C5)C4)nn23)c(OC)c1. The maximum absolute atomic E-state index is 15.0. The summed E-state index contributed by atoms with van der Waals surface area (Å²) in [6.07, 6.45) is 3.80. The zero-order valence-corrected chi connectivity index (χ0v) is 26.3. The average molecular weight is 623 g/mol. The molecule has 45 heavy (non-hydrogen) atoms. The van der Waals surface area contributed by atoms with Crippen molar-refractivity contribution in [1.29, 1.82) is 0 Å². The van der Waals surface area contributed by atoms with E-state index < -0.39 is 17.2 Å². The first-order chi connectivity index (χ1) is 21.5. The second-order valence-corrected chi connectivity index (χ2v) is 12.9. The van der Waals surface area contributed by atoms with Crippen molar-refractivity contribution in [2.24, 2.45) is 11.8 Å². The van der Waals surface area contributed by atoms with E-state index in [0.29, 0.717) is 30.3 Å². The maximum Gasteiger partial charge on any atom is 0.226 e. The van der Waals surface area contributed by atoms with Crippen molar-refractivity contribution in [1.82, 2.24) is 24.5 Å². The third kappa shape index (κ3) is 5.99. The van der Waals surface area contributed by atoms with Gasteiger partial charge in [0.1, 0.15) is 22.8 Å². The summed E-state index contributed by atoms with van der Waals surface area (Å²) in [5.41, 5.74) is 0.245. The predicted molar refractivity (Wildman–Crippen MR) is 165 cm³/mol. The topological polar surface area (TPSA) is 114 Å². The predicted octanol–water partition coefficient (Wildman–Crippen LogP) is 5.47. The molecule has 1 saturated heterocycles. The molecule has 0 radical (unpaired) electrons. The van der Waals surface area contributed by atoms with Gasteiger partial charge in [-0.1, -0.05) is 0 Å². The number of hydrogen-bond acceptors (Lipinski definition) is 8. The molecule has 240 valence electrons. The largest absolute Gasteiger partial charge is 0.497 e. The molecule has 0 bridgehead atoms. The number of aromatic nitrogens is 4. The van der Waals surface area contributed by atoms with E-state index in [1.165, 1.54) is 10.6 Å². The minimum Gasteiger partial charge on any atom is -0.497 e. The Morgan fingerprint density at radius 1 is 1.09 bits per heavy atom. The zero-order chi connectivity index (χ0) is 32.0. The highest BCUT2D eigenvalue weighted by molar-refractivity contribution is 5.92. The molecule has 1 saturated carbocycles. The fraction of sp³-hybridized carbons (Fsp3) is 0.515. The van der Waals surface area contributed by atoms with E-state index in [2.05, 4.69) is 17.2 Å². The molecule has 2 fully saturated rings. The van der Waals surface area contributed by atoms with Gasteiger partial charge in [0, 0.05) is 48.7 Å². The number of nitrogens with one attached hydrogen (secondary N) is 1. The molecule has 2 aromatic carbocycles. The molecule has 0 unspecified atom stereocenters. The summed E-state index contributed by atoms with van der Waals surface area (Å²) < 4.78 is 41.8. The Bertz CT molecular complexity index is 1740. The number of fused-ring (bicyclic) bond motifs is 3. The van der Waals surface area contributed by atoms with Crippen LogP contribution in [0.15, 0.2) is 30.3 Å². The van der Waals surface area contributed by atoms with E-state index in [4.69, 9.17) is 19.6 Å². The summed E-state index contributed by atoms with van der Waals surface area (Å²) in [4.78, 5) is 25.0. The van der Waals surface area contributed by atoms with Gasteiger partial charge in [0.25, 0.3) is 0 Å². The number of hydrogen-bond donors (Lipinski definition) is 2. The Labute approximate surface area is 260 Å².